The lowest BCUT2D eigenvalue weighted by Crippen LogP contribution is -2.36. The number of aliphatic hydroxyl groups excluding tert-OH is 1. The summed E-state index contributed by atoms with van der Waals surface area (Å²) in [6.45, 7) is 0.658. The monoisotopic (exact) mass is 525 g/mol. The maximum absolute atomic E-state index is 15.1. The highest BCUT2D eigenvalue weighted by molar-refractivity contribution is 7.52. The van der Waals surface area contributed by atoms with Crippen LogP contribution in [0.25, 0.3) is 11.2 Å². The van der Waals surface area contributed by atoms with Crippen LogP contribution in [0.2, 0.25) is 0 Å². The van der Waals surface area contributed by atoms with Crippen LogP contribution in [0.5, 0.6) is 5.75 Å². The second kappa shape index (κ2) is 10.3. The number of benzene rings is 1. The van der Waals surface area contributed by atoms with Crippen LogP contribution in [0.4, 0.5) is 16.2 Å². The lowest BCUT2D eigenvalue weighted by molar-refractivity contribution is -0.138. The predicted molar refractivity (Wildman–Crippen MR) is 125 cm³/mol. The van der Waals surface area contributed by atoms with Crippen molar-refractivity contribution in [3.8, 4) is 5.75 Å². The molecule has 194 valence electrons. The van der Waals surface area contributed by atoms with E-state index >= 15 is 4.39 Å². The number of fused-ring (bicyclic) bond motifs is 1. The van der Waals surface area contributed by atoms with Gasteiger partial charge in [-0.1, -0.05) is 18.2 Å². The van der Waals surface area contributed by atoms with E-state index in [1.807, 2.05) is 0 Å². The number of aromatic nitrogens is 4. The summed E-state index contributed by atoms with van der Waals surface area (Å²) in [5, 5.41) is 24.8. The molecule has 4 rings (SSSR count). The number of carboxylic acid groups (broad SMARTS) is 1. The Morgan fingerprint density at radius 3 is 2.75 bits per heavy atom. The molecular formula is C20H25FN7O7P. The molecule has 0 radical (unpaired) electrons. The lowest BCUT2D eigenvalue weighted by Gasteiger charge is -2.23. The van der Waals surface area contributed by atoms with E-state index in [1.54, 1.807) is 25.2 Å². The second-order valence-electron chi connectivity index (χ2n) is 7.89. The molecule has 6 N–H and O–H groups in total. The third kappa shape index (κ3) is 5.24. The van der Waals surface area contributed by atoms with Gasteiger partial charge in [0.25, 0.3) is 0 Å². The SMILES string of the molecule is CNc1nc(N)nc2c1ncn2[C@@H]1O[C@H](CO[P@@](=O)(NC(C)C(=O)O)Oc2ccccc2)[C@@H](O)[C@H]1F. The fourth-order valence-electron chi connectivity index (χ4n) is 3.53. The van der Waals surface area contributed by atoms with E-state index in [-0.39, 0.29) is 17.3 Å². The van der Waals surface area contributed by atoms with Crippen LogP contribution in [-0.2, 0) is 18.6 Å². The van der Waals surface area contributed by atoms with Crippen LogP contribution in [0, 0.1) is 0 Å². The number of carbonyl (C=O) groups is 1. The van der Waals surface area contributed by atoms with Crippen LogP contribution >= 0.6 is 7.75 Å². The first-order valence-electron chi connectivity index (χ1n) is 10.8. The van der Waals surface area contributed by atoms with E-state index in [0.29, 0.717) is 11.3 Å². The average Bonchev–Trinajstić information content (AvgIpc) is 3.38. The Hall–Kier alpha value is -3.36. The number of ether oxygens (including phenoxy) is 1. The molecule has 0 spiro atoms. The van der Waals surface area contributed by atoms with E-state index < -0.39 is 51.0 Å². The molecular weight excluding hydrogens is 500 g/mol. The number of carboxylic acids is 1. The molecule has 36 heavy (non-hydrogen) atoms. The smallest absolute Gasteiger partial charge is 0.459 e. The number of rotatable bonds is 10. The number of hydrogen-bond donors (Lipinski definition) is 5. The molecule has 1 saturated heterocycles. The molecule has 0 saturated carbocycles. The molecule has 1 aliphatic heterocycles. The van der Waals surface area contributed by atoms with Gasteiger partial charge in [-0.15, -0.1) is 0 Å². The number of nitrogens with zero attached hydrogens (tertiary/aromatic N) is 4. The fourth-order valence-corrected chi connectivity index (χ4v) is 5.04. The van der Waals surface area contributed by atoms with Gasteiger partial charge in [-0.05, 0) is 19.1 Å². The molecule has 3 aromatic rings. The zero-order valence-electron chi connectivity index (χ0n) is 19.2. The fraction of sp³-hybridized carbons (Fsp3) is 0.400. The number of nitrogen functional groups attached to an aromatic ring is 1. The van der Waals surface area contributed by atoms with Gasteiger partial charge >= 0.3 is 13.7 Å². The Morgan fingerprint density at radius 1 is 1.36 bits per heavy atom. The summed E-state index contributed by atoms with van der Waals surface area (Å²) in [6.07, 6.45) is -5.01. The third-order valence-electron chi connectivity index (χ3n) is 5.34. The Balaban J connectivity index is 1.53. The first-order valence-corrected chi connectivity index (χ1v) is 12.3. The zero-order chi connectivity index (χ0) is 26.0. The van der Waals surface area contributed by atoms with Crippen molar-refractivity contribution in [3.63, 3.8) is 0 Å². The number of nitrogens with one attached hydrogen (secondary N) is 2. The minimum absolute atomic E-state index is 0.0833. The summed E-state index contributed by atoms with van der Waals surface area (Å²) in [6, 6.07) is 6.62. The minimum Gasteiger partial charge on any atom is -0.480 e. The predicted octanol–water partition coefficient (Wildman–Crippen LogP) is 1.31. The van der Waals surface area contributed by atoms with Crippen molar-refractivity contribution in [1.29, 1.82) is 0 Å². The van der Waals surface area contributed by atoms with E-state index in [2.05, 4.69) is 25.4 Å². The molecule has 0 bridgehead atoms. The van der Waals surface area contributed by atoms with Crippen LogP contribution in [-0.4, -0.2) is 73.8 Å². The molecule has 1 aromatic carbocycles. The van der Waals surface area contributed by atoms with Gasteiger partial charge < -0.3 is 30.5 Å². The van der Waals surface area contributed by atoms with Crippen molar-refractivity contribution in [2.75, 3.05) is 24.7 Å². The second-order valence-corrected chi connectivity index (χ2v) is 9.59. The highest BCUT2D eigenvalue weighted by Crippen LogP contribution is 2.46. The number of para-hydroxylation sites is 1. The number of aliphatic hydroxyl groups is 1. The number of alkyl halides is 1. The summed E-state index contributed by atoms with van der Waals surface area (Å²) in [7, 11) is -2.69. The Kier molecular flexibility index (Phi) is 7.38. The van der Waals surface area contributed by atoms with Crippen LogP contribution < -0.4 is 20.7 Å². The van der Waals surface area contributed by atoms with Gasteiger partial charge in [0.05, 0.1) is 12.9 Å². The van der Waals surface area contributed by atoms with Crippen LogP contribution in [0.1, 0.15) is 13.2 Å². The number of halogens is 1. The van der Waals surface area contributed by atoms with Gasteiger partial charge in [0.2, 0.25) is 5.95 Å². The first kappa shape index (κ1) is 25.7. The first-order chi connectivity index (χ1) is 17.1. The van der Waals surface area contributed by atoms with Gasteiger partial charge in [0.1, 0.15) is 24.0 Å². The van der Waals surface area contributed by atoms with Crippen molar-refractivity contribution in [2.24, 2.45) is 0 Å². The number of nitrogens with two attached hydrogens (primary N) is 1. The average molecular weight is 525 g/mol. The number of aliphatic carboxylic acids is 1. The quantitative estimate of drug-likeness (QED) is 0.238. The molecule has 14 nitrogen and oxygen atoms in total. The van der Waals surface area contributed by atoms with Crippen LogP contribution in [0.15, 0.2) is 36.7 Å². The largest absolute Gasteiger partial charge is 0.480 e. The molecule has 2 aromatic heterocycles. The highest BCUT2D eigenvalue weighted by atomic mass is 31.2. The summed E-state index contributed by atoms with van der Waals surface area (Å²) in [4.78, 5) is 23.6. The summed E-state index contributed by atoms with van der Waals surface area (Å²) in [5.41, 5.74) is 6.21. The molecule has 3 heterocycles. The van der Waals surface area contributed by atoms with E-state index in [0.717, 1.165) is 0 Å². The van der Waals surface area contributed by atoms with E-state index in [1.165, 1.54) is 30.0 Å². The normalized spacial score (nSPS) is 24.3. The topological polar surface area (TPSA) is 196 Å². The van der Waals surface area contributed by atoms with Gasteiger partial charge in [-0.3, -0.25) is 13.9 Å². The molecule has 1 unspecified atom stereocenters. The van der Waals surface area contributed by atoms with Crippen molar-refractivity contribution < 1.29 is 37.7 Å². The minimum atomic E-state index is -4.30. The Bertz CT molecular complexity index is 1280. The molecule has 1 fully saturated rings. The van der Waals surface area contributed by atoms with E-state index in [4.69, 9.17) is 19.5 Å². The molecule has 0 aliphatic carbocycles. The molecule has 6 atom stereocenters. The van der Waals surface area contributed by atoms with Gasteiger partial charge in [0.15, 0.2) is 29.4 Å². The van der Waals surface area contributed by atoms with Gasteiger partial charge in [0, 0.05) is 7.05 Å². The molecule has 1 aliphatic rings. The Labute approximate surface area is 204 Å². The van der Waals surface area contributed by atoms with Gasteiger partial charge in [-0.2, -0.15) is 15.1 Å². The molecule has 16 heteroatoms. The maximum Gasteiger partial charge on any atom is 0.459 e. The van der Waals surface area contributed by atoms with Crippen molar-refractivity contribution in [1.82, 2.24) is 24.6 Å². The van der Waals surface area contributed by atoms with Crippen molar-refractivity contribution >= 4 is 36.6 Å². The highest BCUT2D eigenvalue weighted by Gasteiger charge is 2.47. The number of hydrogen-bond acceptors (Lipinski definition) is 11. The van der Waals surface area contributed by atoms with Crippen molar-refractivity contribution in [3.05, 3.63) is 36.7 Å². The summed E-state index contributed by atoms with van der Waals surface area (Å²) in [5.74, 6) is -0.920. The maximum atomic E-state index is 15.1. The Morgan fingerprint density at radius 2 is 2.08 bits per heavy atom. The summed E-state index contributed by atoms with van der Waals surface area (Å²) < 4.78 is 46.2. The number of anilines is 2. The van der Waals surface area contributed by atoms with E-state index in [9.17, 15) is 19.6 Å². The summed E-state index contributed by atoms with van der Waals surface area (Å²) >= 11 is 0. The molecule has 0 amide bonds. The number of imidazole rings is 1. The lowest BCUT2D eigenvalue weighted by atomic mass is 10.1. The van der Waals surface area contributed by atoms with Crippen molar-refractivity contribution in [2.45, 2.75) is 37.6 Å². The van der Waals surface area contributed by atoms with Crippen LogP contribution in [0.3, 0.4) is 0 Å². The third-order valence-corrected chi connectivity index (χ3v) is 6.99. The zero-order valence-corrected chi connectivity index (χ0v) is 20.1. The van der Waals surface area contributed by atoms with Gasteiger partial charge in [-0.25, -0.2) is 13.9 Å². The standard InChI is InChI=1S/C20H25FN7O7P/c1-10(19(30)31)27-36(32,35-11-6-4-3-5-7-11)33-8-12-15(29)13(21)18(34-12)28-9-24-14-16(23-2)25-20(22)26-17(14)28/h3-7,9-10,12-13,15,18,29H,8H2,1-2H3,(H,27,32)(H,30,31)(H3,22,23,25,26)/t10?,12-,13-,15-,18-,36+/m1/s1.